The standard InChI is InChI=1S/C15H21N5O.HI/c1-12-18-14(21-19-12)9-10-16-15(20(2)3)17-11-13-7-5-4-6-8-13;/h4-8H,9-11H2,1-3H3,(H,16,17);1H. The van der Waals surface area contributed by atoms with Crippen molar-refractivity contribution in [2.45, 2.75) is 19.9 Å². The number of nitrogens with zero attached hydrogens (tertiary/aromatic N) is 4. The van der Waals surface area contributed by atoms with Crippen LogP contribution in [0.2, 0.25) is 0 Å². The van der Waals surface area contributed by atoms with Crippen molar-refractivity contribution < 1.29 is 4.52 Å². The number of hydrogen-bond acceptors (Lipinski definition) is 4. The summed E-state index contributed by atoms with van der Waals surface area (Å²) in [5, 5.41) is 7.07. The molecule has 0 fully saturated rings. The summed E-state index contributed by atoms with van der Waals surface area (Å²) in [5.41, 5.74) is 1.19. The fourth-order valence-electron chi connectivity index (χ4n) is 1.83. The van der Waals surface area contributed by atoms with Crippen LogP contribution >= 0.6 is 24.0 Å². The minimum Gasteiger partial charge on any atom is -0.356 e. The van der Waals surface area contributed by atoms with Crippen LogP contribution < -0.4 is 5.32 Å². The Labute approximate surface area is 148 Å². The van der Waals surface area contributed by atoms with Crippen LogP contribution in [-0.2, 0) is 13.0 Å². The van der Waals surface area contributed by atoms with Crippen LogP contribution in [0.5, 0.6) is 0 Å². The molecular weight excluding hydrogens is 393 g/mol. The first kappa shape index (κ1) is 18.4. The Balaban J connectivity index is 0.00000242. The van der Waals surface area contributed by atoms with Gasteiger partial charge in [-0.15, -0.1) is 24.0 Å². The van der Waals surface area contributed by atoms with E-state index in [0.717, 1.165) is 5.96 Å². The molecule has 0 radical (unpaired) electrons. The molecule has 120 valence electrons. The van der Waals surface area contributed by atoms with Gasteiger partial charge < -0.3 is 14.7 Å². The zero-order valence-electron chi connectivity index (χ0n) is 13.1. The highest BCUT2D eigenvalue weighted by molar-refractivity contribution is 14.0. The lowest BCUT2D eigenvalue weighted by molar-refractivity contribution is 0.374. The van der Waals surface area contributed by atoms with Crippen LogP contribution in [0.25, 0.3) is 0 Å². The molecule has 2 rings (SSSR count). The summed E-state index contributed by atoms with van der Waals surface area (Å²) in [6.07, 6.45) is 0.680. The summed E-state index contributed by atoms with van der Waals surface area (Å²) >= 11 is 0. The fourth-order valence-corrected chi connectivity index (χ4v) is 1.83. The van der Waals surface area contributed by atoms with Crippen molar-refractivity contribution in [3.8, 4) is 0 Å². The van der Waals surface area contributed by atoms with Crippen molar-refractivity contribution >= 4 is 29.9 Å². The number of rotatable bonds is 5. The highest BCUT2D eigenvalue weighted by atomic mass is 127. The van der Waals surface area contributed by atoms with Crippen LogP contribution in [-0.4, -0.2) is 41.6 Å². The number of guanidine groups is 1. The lowest BCUT2D eigenvalue weighted by Crippen LogP contribution is -2.37. The molecule has 6 nitrogen and oxygen atoms in total. The molecule has 1 aromatic heterocycles. The van der Waals surface area contributed by atoms with Gasteiger partial charge in [-0.2, -0.15) is 4.98 Å². The van der Waals surface area contributed by atoms with E-state index in [1.54, 1.807) is 0 Å². The molecule has 1 aromatic carbocycles. The van der Waals surface area contributed by atoms with Crippen LogP contribution in [0.3, 0.4) is 0 Å². The first-order valence-corrected chi connectivity index (χ1v) is 6.94. The van der Waals surface area contributed by atoms with Gasteiger partial charge in [-0.3, -0.25) is 0 Å². The Morgan fingerprint density at radius 2 is 2.00 bits per heavy atom. The second-order valence-electron chi connectivity index (χ2n) is 4.93. The van der Waals surface area contributed by atoms with E-state index in [2.05, 4.69) is 32.6 Å². The molecular formula is C15H22IN5O. The third-order valence-corrected chi connectivity index (χ3v) is 2.87. The van der Waals surface area contributed by atoms with Gasteiger partial charge in [0.15, 0.2) is 11.8 Å². The van der Waals surface area contributed by atoms with Crippen LogP contribution in [0.15, 0.2) is 39.8 Å². The van der Waals surface area contributed by atoms with Crippen LogP contribution in [0.4, 0.5) is 0 Å². The van der Waals surface area contributed by atoms with E-state index in [9.17, 15) is 0 Å². The van der Waals surface area contributed by atoms with Gasteiger partial charge in [0.05, 0.1) is 6.54 Å². The molecule has 0 unspecified atom stereocenters. The Morgan fingerprint density at radius 1 is 1.27 bits per heavy atom. The van der Waals surface area contributed by atoms with E-state index in [4.69, 9.17) is 4.52 Å². The molecule has 0 saturated heterocycles. The van der Waals surface area contributed by atoms with Gasteiger partial charge in [0.2, 0.25) is 5.89 Å². The minimum atomic E-state index is 0. The first-order valence-electron chi connectivity index (χ1n) is 6.94. The van der Waals surface area contributed by atoms with Crippen LogP contribution in [0, 0.1) is 6.92 Å². The number of nitrogens with one attached hydrogen (secondary N) is 1. The van der Waals surface area contributed by atoms with Gasteiger partial charge in [-0.25, -0.2) is 4.99 Å². The maximum absolute atomic E-state index is 5.08. The average Bonchev–Trinajstić information content (AvgIpc) is 2.89. The van der Waals surface area contributed by atoms with Crippen molar-refractivity contribution in [3.05, 3.63) is 47.6 Å². The van der Waals surface area contributed by atoms with Gasteiger partial charge >= 0.3 is 0 Å². The van der Waals surface area contributed by atoms with Gasteiger partial charge in [0.1, 0.15) is 0 Å². The number of aryl methyl sites for hydroxylation is 1. The highest BCUT2D eigenvalue weighted by Gasteiger charge is 2.05. The second-order valence-corrected chi connectivity index (χ2v) is 4.93. The molecule has 1 heterocycles. The van der Waals surface area contributed by atoms with Crippen molar-refractivity contribution in [2.75, 3.05) is 20.6 Å². The van der Waals surface area contributed by atoms with Crippen LogP contribution in [0.1, 0.15) is 17.3 Å². The van der Waals surface area contributed by atoms with Crippen molar-refractivity contribution in [1.82, 2.24) is 20.4 Å². The smallest absolute Gasteiger partial charge is 0.228 e. The van der Waals surface area contributed by atoms with Crippen molar-refractivity contribution in [1.29, 1.82) is 0 Å². The number of halogens is 1. The summed E-state index contributed by atoms with van der Waals surface area (Å²) in [4.78, 5) is 10.7. The van der Waals surface area contributed by atoms with E-state index in [0.29, 0.717) is 31.2 Å². The third-order valence-electron chi connectivity index (χ3n) is 2.87. The zero-order chi connectivity index (χ0) is 15.1. The van der Waals surface area contributed by atoms with Gasteiger partial charge in [0, 0.05) is 27.1 Å². The molecule has 0 spiro atoms. The fraction of sp³-hybridized carbons (Fsp3) is 0.400. The molecule has 2 aromatic rings. The van der Waals surface area contributed by atoms with E-state index in [1.807, 2.05) is 44.1 Å². The zero-order valence-corrected chi connectivity index (χ0v) is 15.4. The molecule has 0 saturated carbocycles. The molecule has 0 aliphatic heterocycles. The summed E-state index contributed by atoms with van der Waals surface area (Å²) in [6, 6.07) is 10.2. The predicted molar refractivity (Wildman–Crippen MR) is 97.4 cm³/mol. The average molecular weight is 415 g/mol. The van der Waals surface area contributed by atoms with Gasteiger partial charge in [-0.1, -0.05) is 35.5 Å². The Morgan fingerprint density at radius 3 is 2.59 bits per heavy atom. The largest absolute Gasteiger partial charge is 0.356 e. The lowest BCUT2D eigenvalue weighted by atomic mass is 10.2. The summed E-state index contributed by atoms with van der Waals surface area (Å²) < 4.78 is 5.08. The molecule has 0 aliphatic rings. The van der Waals surface area contributed by atoms with E-state index in [-0.39, 0.29) is 24.0 Å². The maximum Gasteiger partial charge on any atom is 0.228 e. The molecule has 0 atom stereocenters. The van der Waals surface area contributed by atoms with Gasteiger partial charge in [0.25, 0.3) is 0 Å². The SMILES string of the molecule is Cc1noc(CCNC(=NCc2ccccc2)N(C)C)n1.I. The number of aliphatic imine (C=N–C) groups is 1. The van der Waals surface area contributed by atoms with Crippen molar-refractivity contribution in [2.24, 2.45) is 4.99 Å². The highest BCUT2D eigenvalue weighted by Crippen LogP contribution is 2.01. The number of aromatic nitrogens is 2. The topological polar surface area (TPSA) is 66.6 Å². The molecule has 1 N–H and O–H groups in total. The Bertz CT molecular complexity index is 583. The summed E-state index contributed by atoms with van der Waals surface area (Å²) in [6.45, 7) is 3.17. The van der Waals surface area contributed by atoms with E-state index in [1.165, 1.54) is 5.56 Å². The quantitative estimate of drug-likeness (QED) is 0.461. The first-order chi connectivity index (χ1) is 10.1. The monoisotopic (exact) mass is 415 g/mol. The lowest BCUT2D eigenvalue weighted by Gasteiger charge is -2.17. The minimum absolute atomic E-state index is 0. The molecule has 22 heavy (non-hydrogen) atoms. The normalized spacial score (nSPS) is 11.0. The number of benzene rings is 1. The maximum atomic E-state index is 5.08. The number of hydrogen-bond donors (Lipinski definition) is 1. The van der Waals surface area contributed by atoms with Gasteiger partial charge in [-0.05, 0) is 12.5 Å². The van der Waals surface area contributed by atoms with E-state index >= 15 is 0 Å². The Hall–Kier alpha value is -1.64. The van der Waals surface area contributed by atoms with E-state index < -0.39 is 0 Å². The molecule has 0 bridgehead atoms. The second kappa shape index (κ2) is 9.39. The summed E-state index contributed by atoms with van der Waals surface area (Å²) in [5.74, 6) is 2.15. The molecule has 0 aliphatic carbocycles. The van der Waals surface area contributed by atoms with Crippen molar-refractivity contribution in [3.63, 3.8) is 0 Å². The summed E-state index contributed by atoms with van der Waals surface area (Å²) in [7, 11) is 3.93. The predicted octanol–water partition coefficient (Wildman–Crippen LogP) is 2.25. The molecule has 0 amide bonds. The molecule has 7 heteroatoms. The Kier molecular flexibility index (Phi) is 7.86. The third kappa shape index (κ3) is 6.00.